The van der Waals surface area contributed by atoms with Crippen molar-refractivity contribution < 1.29 is 13.5 Å². The molecule has 5 nitrogen and oxygen atoms in total. The van der Waals surface area contributed by atoms with Crippen LogP contribution in [0.2, 0.25) is 0 Å². The van der Waals surface area contributed by atoms with E-state index in [0.717, 1.165) is 31.2 Å². The van der Waals surface area contributed by atoms with Gasteiger partial charge in [-0.1, -0.05) is 18.9 Å². The molecule has 1 fully saturated rings. The Morgan fingerprint density at radius 1 is 1.35 bits per heavy atom. The highest BCUT2D eigenvalue weighted by Gasteiger charge is 2.25. The Kier molecular flexibility index (Phi) is 4.67. The number of benzene rings is 1. The third-order valence-corrected chi connectivity index (χ3v) is 5.36. The van der Waals surface area contributed by atoms with Gasteiger partial charge in [0.25, 0.3) is 0 Å². The number of aryl methyl sites for hydroxylation is 1. The molecule has 0 radical (unpaired) electrons. The van der Waals surface area contributed by atoms with E-state index in [0.29, 0.717) is 0 Å². The lowest BCUT2D eigenvalue weighted by molar-refractivity contribution is 0.0724. The maximum Gasteiger partial charge on any atom is 0.242 e. The SMILES string of the molecule is Cc1ccc(S(=O)(=O)NCC2CCCCC2O)c(N)c1. The molecule has 0 aliphatic heterocycles. The van der Waals surface area contributed by atoms with Crippen molar-refractivity contribution in [3.8, 4) is 0 Å². The van der Waals surface area contributed by atoms with Crippen molar-refractivity contribution in [2.24, 2.45) is 5.92 Å². The summed E-state index contributed by atoms with van der Waals surface area (Å²) in [7, 11) is -3.62. The standard InChI is InChI=1S/C14H22N2O3S/c1-10-6-7-14(12(15)8-10)20(18,19)16-9-11-4-2-3-5-13(11)17/h6-8,11,13,16-17H,2-5,9,15H2,1H3. The minimum atomic E-state index is -3.62. The minimum Gasteiger partial charge on any atom is -0.398 e. The van der Waals surface area contributed by atoms with Crippen LogP contribution in [0, 0.1) is 12.8 Å². The second kappa shape index (κ2) is 6.11. The molecule has 6 heteroatoms. The van der Waals surface area contributed by atoms with E-state index in [1.54, 1.807) is 12.1 Å². The fourth-order valence-corrected chi connectivity index (χ4v) is 3.84. The summed E-state index contributed by atoms with van der Waals surface area (Å²) in [6.07, 6.45) is 3.24. The van der Waals surface area contributed by atoms with E-state index in [9.17, 15) is 13.5 Å². The van der Waals surface area contributed by atoms with E-state index in [1.165, 1.54) is 6.07 Å². The van der Waals surface area contributed by atoms with Crippen LogP contribution in [0.5, 0.6) is 0 Å². The number of hydrogen-bond acceptors (Lipinski definition) is 4. The molecule has 4 N–H and O–H groups in total. The summed E-state index contributed by atoms with van der Waals surface area (Å²) in [4.78, 5) is 0.105. The van der Waals surface area contributed by atoms with E-state index in [-0.39, 0.29) is 23.0 Å². The molecule has 0 amide bonds. The van der Waals surface area contributed by atoms with Crippen molar-refractivity contribution in [2.45, 2.75) is 43.6 Å². The lowest BCUT2D eigenvalue weighted by Gasteiger charge is -2.27. The molecule has 1 aromatic carbocycles. The van der Waals surface area contributed by atoms with Gasteiger partial charge in [-0.2, -0.15) is 0 Å². The van der Waals surface area contributed by atoms with Gasteiger partial charge in [0.1, 0.15) is 4.90 Å². The highest BCUT2D eigenvalue weighted by atomic mass is 32.2. The molecule has 20 heavy (non-hydrogen) atoms. The average molecular weight is 298 g/mol. The molecule has 0 aromatic heterocycles. The van der Waals surface area contributed by atoms with Crippen LogP contribution in [0.15, 0.2) is 23.1 Å². The number of hydrogen-bond donors (Lipinski definition) is 3. The van der Waals surface area contributed by atoms with Gasteiger partial charge in [-0.15, -0.1) is 0 Å². The monoisotopic (exact) mass is 298 g/mol. The predicted octanol–water partition coefficient (Wildman–Crippen LogP) is 1.41. The molecule has 1 aromatic rings. The second-order valence-corrected chi connectivity index (χ2v) is 7.24. The Morgan fingerprint density at radius 3 is 2.70 bits per heavy atom. The van der Waals surface area contributed by atoms with Crippen molar-refractivity contribution in [3.05, 3.63) is 23.8 Å². The third kappa shape index (κ3) is 3.50. The molecule has 2 atom stereocenters. The van der Waals surface area contributed by atoms with E-state index >= 15 is 0 Å². The largest absolute Gasteiger partial charge is 0.398 e. The number of aliphatic hydroxyl groups excluding tert-OH is 1. The van der Waals surface area contributed by atoms with Crippen molar-refractivity contribution in [3.63, 3.8) is 0 Å². The molecule has 0 spiro atoms. The Bertz CT molecular complexity index is 572. The van der Waals surface area contributed by atoms with Crippen LogP contribution < -0.4 is 10.5 Å². The zero-order chi connectivity index (χ0) is 14.8. The van der Waals surface area contributed by atoms with Gasteiger partial charge in [-0.05, 0) is 43.4 Å². The van der Waals surface area contributed by atoms with Crippen LogP contribution in [0.3, 0.4) is 0 Å². The first-order chi connectivity index (χ1) is 9.40. The van der Waals surface area contributed by atoms with E-state index in [1.807, 2.05) is 6.92 Å². The first-order valence-corrected chi connectivity index (χ1v) is 8.42. The predicted molar refractivity (Wildman–Crippen MR) is 78.7 cm³/mol. The van der Waals surface area contributed by atoms with Crippen LogP contribution in [-0.4, -0.2) is 26.2 Å². The van der Waals surface area contributed by atoms with Crippen LogP contribution in [0.1, 0.15) is 31.2 Å². The van der Waals surface area contributed by atoms with Gasteiger partial charge < -0.3 is 10.8 Å². The van der Waals surface area contributed by atoms with Gasteiger partial charge in [0.05, 0.1) is 11.8 Å². The minimum absolute atomic E-state index is 0.00908. The lowest BCUT2D eigenvalue weighted by atomic mass is 9.87. The smallest absolute Gasteiger partial charge is 0.242 e. The molecule has 1 aliphatic carbocycles. The zero-order valence-corrected chi connectivity index (χ0v) is 12.5. The molecular weight excluding hydrogens is 276 g/mol. The van der Waals surface area contributed by atoms with E-state index < -0.39 is 16.1 Å². The fourth-order valence-electron chi connectivity index (χ4n) is 2.63. The summed E-state index contributed by atoms with van der Waals surface area (Å²) in [5.41, 5.74) is 6.95. The van der Waals surface area contributed by atoms with Crippen LogP contribution in [-0.2, 0) is 10.0 Å². The number of sulfonamides is 1. The van der Waals surface area contributed by atoms with E-state index in [4.69, 9.17) is 5.73 Å². The highest BCUT2D eigenvalue weighted by molar-refractivity contribution is 7.89. The summed E-state index contributed by atoms with van der Waals surface area (Å²) < 4.78 is 27.0. The highest BCUT2D eigenvalue weighted by Crippen LogP contribution is 2.25. The maximum atomic E-state index is 12.2. The van der Waals surface area contributed by atoms with Crippen molar-refractivity contribution >= 4 is 15.7 Å². The molecule has 0 saturated heterocycles. The van der Waals surface area contributed by atoms with Crippen molar-refractivity contribution in [2.75, 3.05) is 12.3 Å². The molecule has 112 valence electrons. The quantitative estimate of drug-likeness (QED) is 0.733. The number of aliphatic hydroxyl groups is 1. The zero-order valence-electron chi connectivity index (χ0n) is 11.7. The Labute approximate surface area is 120 Å². The number of rotatable bonds is 4. The molecule has 0 heterocycles. The topological polar surface area (TPSA) is 92.4 Å². The van der Waals surface area contributed by atoms with Gasteiger partial charge in [-0.25, -0.2) is 13.1 Å². The van der Waals surface area contributed by atoms with Crippen molar-refractivity contribution in [1.82, 2.24) is 4.72 Å². The van der Waals surface area contributed by atoms with Gasteiger partial charge in [0, 0.05) is 6.54 Å². The van der Waals surface area contributed by atoms with Crippen LogP contribution in [0.4, 0.5) is 5.69 Å². The number of nitrogens with one attached hydrogen (secondary N) is 1. The maximum absolute atomic E-state index is 12.2. The summed E-state index contributed by atoms with van der Waals surface area (Å²) >= 11 is 0. The normalized spacial score (nSPS) is 23.7. The van der Waals surface area contributed by atoms with Gasteiger partial charge >= 0.3 is 0 Å². The average Bonchev–Trinajstić information content (AvgIpc) is 2.37. The van der Waals surface area contributed by atoms with Gasteiger partial charge in [-0.3, -0.25) is 0 Å². The summed E-state index contributed by atoms with van der Waals surface area (Å²) in [5.74, 6) is -0.00908. The second-order valence-electron chi connectivity index (χ2n) is 5.51. The third-order valence-electron chi connectivity index (χ3n) is 3.86. The Balaban J connectivity index is 2.07. The summed E-state index contributed by atoms with van der Waals surface area (Å²) in [5, 5.41) is 9.87. The Morgan fingerprint density at radius 2 is 2.05 bits per heavy atom. The fraction of sp³-hybridized carbons (Fsp3) is 0.571. The first-order valence-electron chi connectivity index (χ1n) is 6.94. The molecule has 0 bridgehead atoms. The molecule has 1 saturated carbocycles. The number of anilines is 1. The number of nitrogen functional groups attached to an aromatic ring is 1. The van der Waals surface area contributed by atoms with Crippen molar-refractivity contribution in [1.29, 1.82) is 0 Å². The van der Waals surface area contributed by atoms with E-state index in [2.05, 4.69) is 4.72 Å². The van der Waals surface area contributed by atoms with Crippen LogP contribution >= 0.6 is 0 Å². The summed E-state index contributed by atoms with van der Waals surface area (Å²) in [6.45, 7) is 2.12. The molecule has 2 rings (SSSR count). The lowest BCUT2D eigenvalue weighted by Crippen LogP contribution is -2.36. The summed E-state index contributed by atoms with van der Waals surface area (Å²) in [6, 6.07) is 4.88. The first kappa shape index (κ1) is 15.3. The number of nitrogens with two attached hydrogens (primary N) is 1. The molecular formula is C14H22N2O3S. The molecule has 1 aliphatic rings. The van der Waals surface area contributed by atoms with Gasteiger partial charge in [0.2, 0.25) is 10.0 Å². The Hall–Kier alpha value is -1.11. The molecule has 2 unspecified atom stereocenters. The van der Waals surface area contributed by atoms with Crippen LogP contribution in [0.25, 0.3) is 0 Å². The van der Waals surface area contributed by atoms with Gasteiger partial charge in [0.15, 0.2) is 0 Å².